The van der Waals surface area contributed by atoms with Crippen LogP contribution in [0.5, 0.6) is 0 Å². The second-order valence-electron chi connectivity index (χ2n) is 3.85. The zero-order valence-electron chi connectivity index (χ0n) is 9.77. The van der Waals surface area contributed by atoms with E-state index in [9.17, 15) is 0 Å². The first kappa shape index (κ1) is 14.1. The van der Waals surface area contributed by atoms with Gasteiger partial charge in [0.1, 0.15) is 6.10 Å². The highest BCUT2D eigenvalue weighted by atomic mass is 79.9. The van der Waals surface area contributed by atoms with Crippen molar-refractivity contribution in [2.75, 3.05) is 13.7 Å². The first-order chi connectivity index (χ1) is 7.54. The maximum Gasteiger partial charge on any atom is 0.107 e. The van der Waals surface area contributed by atoms with Crippen molar-refractivity contribution >= 4 is 27.3 Å². The topological polar surface area (TPSA) is 44.5 Å². The first-order valence-corrected chi connectivity index (χ1v) is 6.85. The second kappa shape index (κ2) is 6.71. The molecule has 3 nitrogen and oxygen atoms in total. The van der Waals surface area contributed by atoms with E-state index in [0.717, 1.165) is 9.35 Å². The van der Waals surface area contributed by atoms with E-state index in [-0.39, 0.29) is 18.2 Å². The van der Waals surface area contributed by atoms with Crippen molar-refractivity contribution in [1.29, 1.82) is 0 Å². The molecule has 0 aliphatic carbocycles. The molecule has 0 bridgehead atoms. The Balaban J connectivity index is 2.68. The van der Waals surface area contributed by atoms with Gasteiger partial charge in [-0.1, -0.05) is 0 Å². The number of rotatable bonds is 6. The molecule has 0 radical (unpaired) electrons. The minimum Gasteiger partial charge on any atom is -0.382 e. The molecule has 0 amide bonds. The Labute approximate surface area is 109 Å². The Morgan fingerprint density at radius 3 is 2.62 bits per heavy atom. The van der Waals surface area contributed by atoms with Gasteiger partial charge in [0.05, 0.1) is 12.7 Å². The van der Waals surface area contributed by atoms with Crippen molar-refractivity contribution in [2.24, 2.45) is 5.73 Å². The molecule has 0 aliphatic rings. The van der Waals surface area contributed by atoms with Crippen molar-refractivity contribution in [3.8, 4) is 0 Å². The molecule has 1 rings (SSSR count). The molecule has 1 aromatic rings. The van der Waals surface area contributed by atoms with Crippen LogP contribution in [0.1, 0.15) is 24.8 Å². The van der Waals surface area contributed by atoms with Crippen LogP contribution in [0.4, 0.5) is 0 Å². The highest BCUT2D eigenvalue weighted by Crippen LogP contribution is 2.30. The number of hydrogen-bond donors (Lipinski definition) is 1. The zero-order chi connectivity index (χ0) is 12.1. The van der Waals surface area contributed by atoms with Gasteiger partial charge in [-0.2, -0.15) is 0 Å². The SMILES string of the molecule is COCC(C)OC(c1cc(Br)cs1)C(C)N. The van der Waals surface area contributed by atoms with E-state index in [2.05, 4.69) is 22.0 Å². The average Bonchev–Trinajstić information content (AvgIpc) is 2.61. The fourth-order valence-corrected chi connectivity index (χ4v) is 3.05. The molecule has 0 saturated heterocycles. The van der Waals surface area contributed by atoms with Gasteiger partial charge in [0, 0.05) is 27.9 Å². The molecular formula is C11H18BrNO2S. The molecule has 3 unspecified atom stereocenters. The van der Waals surface area contributed by atoms with Crippen LogP contribution in [0, 0.1) is 0 Å². The lowest BCUT2D eigenvalue weighted by molar-refractivity contribution is -0.0466. The fourth-order valence-electron chi connectivity index (χ4n) is 1.45. The molecule has 0 saturated carbocycles. The first-order valence-electron chi connectivity index (χ1n) is 5.18. The number of nitrogens with two attached hydrogens (primary N) is 1. The van der Waals surface area contributed by atoms with Crippen LogP contribution >= 0.6 is 27.3 Å². The van der Waals surface area contributed by atoms with Crippen LogP contribution in [0.25, 0.3) is 0 Å². The largest absolute Gasteiger partial charge is 0.382 e. The predicted molar refractivity (Wildman–Crippen MR) is 70.8 cm³/mol. The van der Waals surface area contributed by atoms with Crippen molar-refractivity contribution < 1.29 is 9.47 Å². The van der Waals surface area contributed by atoms with Crippen molar-refractivity contribution in [3.63, 3.8) is 0 Å². The van der Waals surface area contributed by atoms with Gasteiger partial charge in [0.2, 0.25) is 0 Å². The van der Waals surface area contributed by atoms with Gasteiger partial charge in [-0.05, 0) is 35.8 Å². The summed E-state index contributed by atoms with van der Waals surface area (Å²) in [4.78, 5) is 1.14. The lowest BCUT2D eigenvalue weighted by Gasteiger charge is -2.24. The van der Waals surface area contributed by atoms with Gasteiger partial charge in [-0.15, -0.1) is 11.3 Å². The van der Waals surface area contributed by atoms with E-state index in [0.29, 0.717) is 6.61 Å². The van der Waals surface area contributed by atoms with Gasteiger partial charge in [0.25, 0.3) is 0 Å². The van der Waals surface area contributed by atoms with Gasteiger partial charge >= 0.3 is 0 Å². The summed E-state index contributed by atoms with van der Waals surface area (Å²) in [5, 5.41) is 2.04. The Kier molecular flexibility index (Phi) is 5.92. The molecule has 0 aliphatic heterocycles. The van der Waals surface area contributed by atoms with Crippen molar-refractivity contribution in [1.82, 2.24) is 0 Å². The summed E-state index contributed by atoms with van der Waals surface area (Å²) in [7, 11) is 1.67. The number of ether oxygens (including phenoxy) is 2. The van der Waals surface area contributed by atoms with Gasteiger partial charge in [-0.3, -0.25) is 0 Å². The molecule has 0 fully saturated rings. The molecule has 1 heterocycles. The Hall–Kier alpha value is 0.0600. The minimum absolute atomic E-state index is 0.0372. The third-order valence-corrected chi connectivity index (χ3v) is 3.88. The quantitative estimate of drug-likeness (QED) is 0.879. The van der Waals surface area contributed by atoms with Gasteiger partial charge in [-0.25, -0.2) is 0 Å². The molecule has 3 atom stereocenters. The zero-order valence-corrected chi connectivity index (χ0v) is 12.2. The lowest BCUT2D eigenvalue weighted by atomic mass is 10.1. The Morgan fingerprint density at radius 1 is 1.50 bits per heavy atom. The van der Waals surface area contributed by atoms with Crippen LogP contribution in [0.15, 0.2) is 15.9 Å². The van der Waals surface area contributed by atoms with Crippen LogP contribution < -0.4 is 5.73 Å². The third-order valence-electron chi connectivity index (χ3n) is 2.13. The summed E-state index contributed by atoms with van der Waals surface area (Å²) in [6.07, 6.45) is -0.0247. The number of hydrogen-bond acceptors (Lipinski definition) is 4. The van der Waals surface area contributed by atoms with Crippen molar-refractivity contribution in [2.45, 2.75) is 32.1 Å². The third kappa shape index (κ3) is 4.14. The molecule has 5 heteroatoms. The average molecular weight is 308 g/mol. The van der Waals surface area contributed by atoms with Crippen LogP contribution in [-0.4, -0.2) is 25.9 Å². The van der Waals surface area contributed by atoms with Crippen LogP contribution in [-0.2, 0) is 9.47 Å². The second-order valence-corrected chi connectivity index (χ2v) is 5.71. The van der Waals surface area contributed by atoms with Gasteiger partial charge in [0.15, 0.2) is 0 Å². The van der Waals surface area contributed by atoms with E-state index in [1.807, 2.05) is 19.2 Å². The standard InChI is InChI=1S/C11H18BrNO2S/c1-7(5-14-3)15-11(8(2)13)10-4-9(12)6-16-10/h4,6-8,11H,5,13H2,1-3H3. The molecular weight excluding hydrogens is 290 g/mol. The molecule has 0 aromatic carbocycles. The van der Waals surface area contributed by atoms with Crippen LogP contribution in [0.3, 0.4) is 0 Å². The molecule has 2 N–H and O–H groups in total. The highest BCUT2D eigenvalue weighted by molar-refractivity contribution is 9.10. The van der Waals surface area contributed by atoms with Gasteiger partial charge < -0.3 is 15.2 Å². The molecule has 92 valence electrons. The van der Waals surface area contributed by atoms with Crippen molar-refractivity contribution in [3.05, 3.63) is 20.8 Å². The van der Waals surface area contributed by atoms with E-state index in [1.54, 1.807) is 18.4 Å². The summed E-state index contributed by atoms with van der Waals surface area (Å²) in [6.45, 7) is 4.52. The van der Waals surface area contributed by atoms with E-state index >= 15 is 0 Å². The number of halogens is 1. The summed E-state index contributed by atoms with van der Waals surface area (Å²) in [5.41, 5.74) is 5.95. The Bertz CT molecular complexity index is 317. The van der Waals surface area contributed by atoms with E-state index in [1.165, 1.54) is 0 Å². The summed E-state index contributed by atoms with van der Waals surface area (Å²) in [5.74, 6) is 0. The predicted octanol–water partition coefficient (Wildman–Crippen LogP) is 2.95. The Morgan fingerprint density at radius 2 is 2.19 bits per heavy atom. The lowest BCUT2D eigenvalue weighted by Crippen LogP contribution is -2.30. The molecule has 0 spiro atoms. The summed E-state index contributed by atoms with van der Waals surface area (Å²) in [6, 6.07) is 2.02. The number of methoxy groups -OCH3 is 1. The van der Waals surface area contributed by atoms with E-state index in [4.69, 9.17) is 15.2 Å². The fraction of sp³-hybridized carbons (Fsp3) is 0.636. The summed E-state index contributed by atoms with van der Waals surface area (Å²) >= 11 is 5.09. The molecule has 1 aromatic heterocycles. The monoisotopic (exact) mass is 307 g/mol. The van der Waals surface area contributed by atoms with E-state index < -0.39 is 0 Å². The smallest absolute Gasteiger partial charge is 0.107 e. The number of thiophene rings is 1. The summed E-state index contributed by atoms with van der Waals surface area (Å²) < 4.78 is 12.0. The molecule has 16 heavy (non-hydrogen) atoms. The maximum atomic E-state index is 5.95. The minimum atomic E-state index is -0.0681. The maximum absolute atomic E-state index is 5.95. The normalized spacial score (nSPS) is 17.1. The highest BCUT2D eigenvalue weighted by Gasteiger charge is 2.21. The van der Waals surface area contributed by atoms with Crippen LogP contribution in [0.2, 0.25) is 0 Å².